The molecule has 92 valence electrons. The van der Waals surface area contributed by atoms with Gasteiger partial charge in [0.15, 0.2) is 0 Å². The van der Waals surface area contributed by atoms with Crippen LogP contribution in [0.25, 0.3) is 0 Å². The number of likely N-dealkylation sites (tertiary alicyclic amines) is 1. The third kappa shape index (κ3) is 2.76. The molecule has 0 spiro atoms. The molecule has 2 atom stereocenters. The number of nitrogens with one attached hydrogen (secondary N) is 1. The third-order valence-electron chi connectivity index (χ3n) is 4.04. The highest BCUT2D eigenvalue weighted by molar-refractivity contribution is 5.78. The van der Waals surface area contributed by atoms with Crippen LogP contribution in [0.15, 0.2) is 0 Å². The minimum atomic E-state index is 0.367. The van der Waals surface area contributed by atoms with E-state index in [0.717, 1.165) is 26.1 Å². The van der Waals surface area contributed by atoms with Gasteiger partial charge < -0.3 is 10.2 Å². The fourth-order valence-electron chi connectivity index (χ4n) is 2.77. The molecule has 16 heavy (non-hydrogen) atoms. The van der Waals surface area contributed by atoms with Crippen molar-refractivity contribution in [2.45, 2.75) is 45.6 Å². The van der Waals surface area contributed by atoms with Gasteiger partial charge in [0.05, 0.1) is 0 Å². The van der Waals surface area contributed by atoms with Crippen LogP contribution in [0.4, 0.5) is 0 Å². The van der Waals surface area contributed by atoms with E-state index >= 15 is 0 Å². The number of nitrogens with zero attached hydrogens (tertiary/aromatic N) is 1. The maximum atomic E-state index is 11.9. The molecular weight excluding hydrogens is 200 g/mol. The first kappa shape index (κ1) is 11.9. The van der Waals surface area contributed by atoms with Crippen LogP contribution in [0.5, 0.6) is 0 Å². The van der Waals surface area contributed by atoms with E-state index in [2.05, 4.69) is 24.1 Å². The van der Waals surface area contributed by atoms with E-state index in [1.54, 1.807) is 0 Å². The topological polar surface area (TPSA) is 32.3 Å². The van der Waals surface area contributed by atoms with Crippen LogP contribution in [0, 0.1) is 11.8 Å². The molecule has 2 saturated heterocycles. The van der Waals surface area contributed by atoms with Gasteiger partial charge in [0.25, 0.3) is 0 Å². The van der Waals surface area contributed by atoms with Crippen molar-refractivity contribution in [2.24, 2.45) is 11.8 Å². The van der Waals surface area contributed by atoms with Crippen molar-refractivity contribution in [1.29, 1.82) is 0 Å². The molecule has 2 aliphatic heterocycles. The van der Waals surface area contributed by atoms with E-state index in [4.69, 9.17) is 0 Å². The van der Waals surface area contributed by atoms with E-state index in [1.165, 1.54) is 19.3 Å². The number of piperidine rings is 1. The molecule has 0 aromatic heterocycles. The molecule has 1 amide bonds. The quantitative estimate of drug-likeness (QED) is 0.790. The Labute approximate surface area is 98.6 Å². The molecule has 0 aromatic rings. The summed E-state index contributed by atoms with van der Waals surface area (Å²) in [6.07, 6.45) is 4.60. The Hall–Kier alpha value is -0.570. The lowest BCUT2D eigenvalue weighted by Crippen LogP contribution is -2.44. The number of carbonyl (C=O) groups excluding carboxylic acids is 1. The Bertz CT molecular complexity index is 246. The lowest BCUT2D eigenvalue weighted by atomic mass is 9.95. The SMILES string of the molecule is CC(C)C1CC(=O)N(CC2CCCCN2)C1. The first-order valence-corrected chi connectivity index (χ1v) is 6.68. The van der Waals surface area contributed by atoms with Gasteiger partial charge in [0.2, 0.25) is 5.91 Å². The largest absolute Gasteiger partial charge is 0.341 e. The Balaban J connectivity index is 1.83. The van der Waals surface area contributed by atoms with Crippen LogP contribution in [-0.4, -0.2) is 36.5 Å². The molecule has 1 N–H and O–H groups in total. The average molecular weight is 224 g/mol. The summed E-state index contributed by atoms with van der Waals surface area (Å²) in [7, 11) is 0. The van der Waals surface area contributed by atoms with E-state index in [0.29, 0.717) is 23.8 Å². The predicted molar refractivity (Wildman–Crippen MR) is 65.2 cm³/mol. The number of amides is 1. The normalized spacial score (nSPS) is 31.4. The number of hydrogen-bond acceptors (Lipinski definition) is 2. The van der Waals surface area contributed by atoms with E-state index in [9.17, 15) is 4.79 Å². The van der Waals surface area contributed by atoms with Gasteiger partial charge in [-0.1, -0.05) is 20.3 Å². The first-order chi connectivity index (χ1) is 7.66. The van der Waals surface area contributed by atoms with Gasteiger partial charge in [-0.25, -0.2) is 0 Å². The van der Waals surface area contributed by atoms with Gasteiger partial charge in [0, 0.05) is 25.6 Å². The molecule has 3 nitrogen and oxygen atoms in total. The summed E-state index contributed by atoms with van der Waals surface area (Å²) in [5.41, 5.74) is 0. The van der Waals surface area contributed by atoms with Crippen LogP contribution in [0.3, 0.4) is 0 Å². The van der Waals surface area contributed by atoms with Gasteiger partial charge >= 0.3 is 0 Å². The maximum Gasteiger partial charge on any atom is 0.222 e. The van der Waals surface area contributed by atoms with Crippen molar-refractivity contribution in [3.63, 3.8) is 0 Å². The molecular formula is C13H24N2O. The minimum absolute atomic E-state index is 0.367. The smallest absolute Gasteiger partial charge is 0.222 e. The molecule has 0 aliphatic carbocycles. The van der Waals surface area contributed by atoms with Crippen molar-refractivity contribution in [1.82, 2.24) is 10.2 Å². The summed E-state index contributed by atoms with van der Waals surface area (Å²) >= 11 is 0. The average Bonchev–Trinajstić information content (AvgIpc) is 2.62. The van der Waals surface area contributed by atoms with Gasteiger partial charge in [-0.2, -0.15) is 0 Å². The van der Waals surface area contributed by atoms with E-state index < -0.39 is 0 Å². The minimum Gasteiger partial charge on any atom is -0.341 e. The lowest BCUT2D eigenvalue weighted by molar-refractivity contribution is -0.128. The fraction of sp³-hybridized carbons (Fsp3) is 0.923. The second-order valence-corrected chi connectivity index (χ2v) is 5.65. The number of hydrogen-bond donors (Lipinski definition) is 1. The fourth-order valence-corrected chi connectivity index (χ4v) is 2.77. The summed E-state index contributed by atoms with van der Waals surface area (Å²) in [5.74, 6) is 1.58. The van der Waals surface area contributed by atoms with Crippen molar-refractivity contribution in [3.05, 3.63) is 0 Å². The zero-order chi connectivity index (χ0) is 11.5. The van der Waals surface area contributed by atoms with Crippen molar-refractivity contribution >= 4 is 5.91 Å². The monoisotopic (exact) mass is 224 g/mol. The highest BCUT2D eigenvalue weighted by Gasteiger charge is 2.32. The van der Waals surface area contributed by atoms with Gasteiger partial charge in [-0.05, 0) is 31.2 Å². The Morgan fingerprint density at radius 1 is 1.44 bits per heavy atom. The second-order valence-electron chi connectivity index (χ2n) is 5.65. The van der Waals surface area contributed by atoms with Gasteiger partial charge in [0.1, 0.15) is 0 Å². The van der Waals surface area contributed by atoms with Crippen LogP contribution in [0.1, 0.15) is 39.5 Å². The second kappa shape index (κ2) is 5.17. The number of rotatable bonds is 3. The van der Waals surface area contributed by atoms with Crippen LogP contribution < -0.4 is 5.32 Å². The molecule has 2 heterocycles. The van der Waals surface area contributed by atoms with Crippen LogP contribution in [-0.2, 0) is 4.79 Å². The molecule has 2 rings (SSSR count). The zero-order valence-electron chi connectivity index (χ0n) is 10.5. The maximum absolute atomic E-state index is 11.9. The Morgan fingerprint density at radius 2 is 2.25 bits per heavy atom. The standard InChI is InChI=1S/C13H24N2O/c1-10(2)11-7-13(16)15(8-11)9-12-5-3-4-6-14-12/h10-12,14H,3-9H2,1-2H3. The highest BCUT2D eigenvalue weighted by atomic mass is 16.2. The summed E-state index contributed by atoms with van der Waals surface area (Å²) in [6, 6.07) is 0.545. The van der Waals surface area contributed by atoms with E-state index in [1.807, 2.05) is 0 Å². The third-order valence-corrected chi connectivity index (χ3v) is 4.04. The predicted octanol–water partition coefficient (Wildman–Crippen LogP) is 1.63. The van der Waals surface area contributed by atoms with Gasteiger partial charge in [-0.3, -0.25) is 4.79 Å². The lowest BCUT2D eigenvalue weighted by Gasteiger charge is -2.28. The summed E-state index contributed by atoms with van der Waals surface area (Å²) in [6.45, 7) is 7.48. The molecule has 0 saturated carbocycles. The Morgan fingerprint density at radius 3 is 2.81 bits per heavy atom. The molecule has 3 heteroatoms. The number of carbonyl (C=O) groups is 1. The van der Waals surface area contributed by atoms with E-state index in [-0.39, 0.29) is 0 Å². The molecule has 0 radical (unpaired) electrons. The molecule has 2 aliphatic rings. The molecule has 0 bridgehead atoms. The molecule has 0 aromatic carbocycles. The van der Waals surface area contributed by atoms with Gasteiger partial charge in [-0.15, -0.1) is 0 Å². The molecule has 2 fully saturated rings. The van der Waals surface area contributed by atoms with Crippen molar-refractivity contribution < 1.29 is 4.79 Å². The highest BCUT2D eigenvalue weighted by Crippen LogP contribution is 2.25. The van der Waals surface area contributed by atoms with Crippen molar-refractivity contribution in [3.8, 4) is 0 Å². The zero-order valence-corrected chi connectivity index (χ0v) is 10.5. The van der Waals surface area contributed by atoms with Crippen LogP contribution >= 0.6 is 0 Å². The first-order valence-electron chi connectivity index (χ1n) is 6.68. The summed E-state index contributed by atoms with van der Waals surface area (Å²) in [4.78, 5) is 13.9. The Kier molecular flexibility index (Phi) is 3.85. The molecule has 2 unspecified atom stereocenters. The van der Waals surface area contributed by atoms with Crippen LogP contribution in [0.2, 0.25) is 0 Å². The summed E-state index contributed by atoms with van der Waals surface area (Å²) in [5, 5.41) is 3.52. The van der Waals surface area contributed by atoms with Crippen molar-refractivity contribution in [2.75, 3.05) is 19.6 Å². The summed E-state index contributed by atoms with van der Waals surface area (Å²) < 4.78 is 0.